The monoisotopic (exact) mass is 272 g/mol. The van der Waals surface area contributed by atoms with Crippen LogP contribution in [0.2, 0.25) is 0 Å². The first-order valence-corrected chi connectivity index (χ1v) is 8.95. The van der Waals surface area contributed by atoms with Gasteiger partial charge in [-0.2, -0.15) is 0 Å². The molecule has 3 fully saturated rings. The van der Waals surface area contributed by atoms with E-state index < -0.39 is 10.0 Å². The lowest BCUT2D eigenvalue weighted by Gasteiger charge is -2.23. The van der Waals surface area contributed by atoms with Gasteiger partial charge in [-0.25, -0.2) is 12.7 Å². The third-order valence-corrected chi connectivity index (χ3v) is 6.19. The summed E-state index contributed by atoms with van der Waals surface area (Å²) in [6.45, 7) is 2.54. The molecule has 3 aliphatic rings. The van der Waals surface area contributed by atoms with Crippen molar-refractivity contribution in [3.05, 3.63) is 0 Å². The second kappa shape index (κ2) is 5.10. The Hall–Kier alpha value is -0.130. The van der Waals surface area contributed by atoms with Gasteiger partial charge in [-0.15, -0.1) is 0 Å². The van der Waals surface area contributed by atoms with E-state index in [0.717, 1.165) is 32.5 Å². The first-order valence-electron chi connectivity index (χ1n) is 7.35. The van der Waals surface area contributed by atoms with Gasteiger partial charge in [0.2, 0.25) is 10.0 Å². The maximum atomic E-state index is 12.5. The zero-order valence-electron chi connectivity index (χ0n) is 11.0. The second-order valence-electron chi connectivity index (χ2n) is 6.28. The third-order valence-electron chi connectivity index (χ3n) is 4.29. The SMILES string of the molecule is O=S(=O)(CC1CCCN1)N(CC1CC1)CC1CC1. The zero-order valence-corrected chi connectivity index (χ0v) is 11.8. The molecule has 2 saturated carbocycles. The summed E-state index contributed by atoms with van der Waals surface area (Å²) in [6.07, 6.45) is 7.01. The van der Waals surface area contributed by atoms with Crippen molar-refractivity contribution in [2.45, 2.75) is 44.6 Å². The summed E-state index contributed by atoms with van der Waals surface area (Å²) in [4.78, 5) is 0. The van der Waals surface area contributed by atoms with E-state index in [9.17, 15) is 8.42 Å². The molecule has 0 bridgehead atoms. The molecule has 104 valence electrons. The number of nitrogens with zero attached hydrogens (tertiary/aromatic N) is 1. The van der Waals surface area contributed by atoms with Gasteiger partial charge in [-0.05, 0) is 56.9 Å². The van der Waals surface area contributed by atoms with Crippen molar-refractivity contribution < 1.29 is 8.42 Å². The predicted molar refractivity (Wildman–Crippen MR) is 71.8 cm³/mol. The molecule has 5 heteroatoms. The fourth-order valence-electron chi connectivity index (χ4n) is 2.74. The molecule has 4 nitrogen and oxygen atoms in total. The van der Waals surface area contributed by atoms with Crippen LogP contribution in [0.25, 0.3) is 0 Å². The minimum absolute atomic E-state index is 0.191. The summed E-state index contributed by atoms with van der Waals surface area (Å²) in [6, 6.07) is 0.191. The van der Waals surface area contributed by atoms with Crippen molar-refractivity contribution in [2.75, 3.05) is 25.4 Å². The Labute approximate surface area is 110 Å². The van der Waals surface area contributed by atoms with Crippen molar-refractivity contribution >= 4 is 10.0 Å². The molecule has 1 atom stereocenters. The maximum absolute atomic E-state index is 12.5. The Morgan fingerprint density at radius 3 is 2.06 bits per heavy atom. The van der Waals surface area contributed by atoms with Crippen LogP contribution in [0.5, 0.6) is 0 Å². The van der Waals surface area contributed by atoms with Crippen LogP contribution < -0.4 is 5.32 Å². The Bertz CT molecular complexity index is 368. The molecule has 0 aromatic heterocycles. The van der Waals surface area contributed by atoms with Crippen LogP contribution in [0.15, 0.2) is 0 Å². The average molecular weight is 272 g/mol. The minimum Gasteiger partial charge on any atom is -0.313 e. The van der Waals surface area contributed by atoms with Crippen LogP contribution in [-0.4, -0.2) is 44.2 Å². The van der Waals surface area contributed by atoms with E-state index in [1.807, 2.05) is 4.31 Å². The van der Waals surface area contributed by atoms with Crippen molar-refractivity contribution in [2.24, 2.45) is 11.8 Å². The van der Waals surface area contributed by atoms with Crippen molar-refractivity contribution in [3.8, 4) is 0 Å². The molecule has 3 rings (SSSR count). The van der Waals surface area contributed by atoms with Gasteiger partial charge in [0.1, 0.15) is 0 Å². The minimum atomic E-state index is -3.05. The first-order chi connectivity index (χ1) is 8.63. The Morgan fingerprint density at radius 2 is 1.61 bits per heavy atom. The number of sulfonamides is 1. The smallest absolute Gasteiger partial charge is 0.215 e. The first kappa shape index (κ1) is 12.9. The quantitative estimate of drug-likeness (QED) is 0.757. The van der Waals surface area contributed by atoms with E-state index >= 15 is 0 Å². The van der Waals surface area contributed by atoms with Gasteiger partial charge in [-0.3, -0.25) is 0 Å². The van der Waals surface area contributed by atoms with Crippen molar-refractivity contribution in [1.82, 2.24) is 9.62 Å². The third kappa shape index (κ3) is 3.45. The molecule has 0 aromatic rings. The van der Waals surface area contributed by atoms with E-state index in [2.05, 4.69) is 5.32 Å². The fourth-order valence-corrected chi connectivity index (χ4v) is 4.62. The highest BCUT2D eigenvalue weighted by Crippen LogP contribution is 2.35. The highest BCUT2D eigenvalue weighted by atomic mass is 32.2. The van der Waals surface area contributed by atoms with Gasteiger partial charge in [0, 0.05) is 19.1 Å². The molecule has 0 spiro atoms. The highest BCUT2D eigenvalue weighted by Gasteiger charge is 2.36. The summed E-state index contributed by atoms with van der Waals surface area (Å²) >= 11 is 0. The van der Waals surface area contributed by atoms with Crippen LogP contribution in [0.1, 0.15) is 38.5 Å². The largest absolute Gasteiger partial charge is 0.313 e. The van der Waals surface area contributed by atoms with Gasteiger partial charge < -0.3 is 5.32 Å². The van der Waals surface area contributed by atoms with Crippen LogP contribution in [0, 0.1) is 11.8 Å². The molecule has 1 N–H and O–H groups in total. The predicted octanol–water partition coefficient (Wildman–Crippen LogP) is 1.19. The molecule has 1 heterocycles. The molecule has 0 radical (unpaired) electrons. The van der Waals surface area contributed by atoms with Gasteiger partial charge in [0.05, 0.1) is 5.75 Å². The lowest BCUT2D eigenvalue weighted by atomic mass is 10.3. The van der Waals surface area contributed by atoms with Crippen LogP contribution >= 0.6 is 0 Å². The topological polar surface area (TPSA) is 49.4 Å². The van der Waals surface area contributed by atoms with E-state index in [0.29, 0.717) is 17.6 Å². The molecule has 2 aliphatic carbocycles. The summed E-state index contributed by atoms with van der Waals surface area (Å²) < 4.78 is 26.8. The molecule has 1 aliphatic heterocycles. The number of rotatable bonds is 7. The Kier molecular flexibility index (Phi) is 3.65. The fraction of sp³-hybridized carbons (Fsp3) is 1.00. The van der Waals surface area contributed by atoms with Crippen molar-refractivity contribution in [1.29, 1.82) is 0 Å². The zero-order chi connectivity index (χ0) is 12.6. The van der Waals surface area contributed by atoms with Gasteiger partial charge in [-0.1, -0.05) is 0 Å². The average Bonchev–Trinajstić information content (AvgIpc) is 3.22. The van der Waals surface area contributed by atoms with Crippen LogP contribution in [0.3, 0.4) is 0 Å². The van der Waals surface area contributed by atoms with Crippen LogP contribution in [0.4, 0.5) is 0 Å². The molecule has 0 aromatic carbocycles. The van der Waals surface area contributed by atoms with Gasteiger partial charge >= 0.3 is 0 Å². The summed E-state index contributed by atoms with van der Waals surface area (Å²) in [7, 11) is -3.05. The van der Waals surface area contributed by atoms with E-state index in [-0.39, 0.29) is 6.04 Å². The molecule has 1 saturated heterocycles. The molecule has 1 unspecified atom stereocenters. The molecular weight excluding hydrogens is 248 g/mol. The van der Waals surface area contributed by atoms with Crippen LogP contribution in [-0.2, 0) is 10.0 Å². The summed E-state index contributed by atoms with van der Waals surface area (Å²) in [5.74, 6) is 1.61. The molecule has 18 heavy (non-hydrogen) atoms. The van der Waals surface area contributed by atoms with E-state index in [1.54, 1.807) is 0 Å². The Balaban J connectivity index is 1.61. The number of hydrogen-bond acceptors (Lipinski definition) is 3. The number of hydrogen-bond donors (Lipinski definition) is 1. The molecular formula is C13H24N2O2S. The van der Waals surface area contributed by atoms with E-state index in [1.165, 1.54) is 25.7 Å². The summed E-state index contributed by atoms with van der Waals surface area (Å²) in [5, 5.41) is 3.30. The van der Waals surface area contributed by atoms with E-state index in [4.69, 9.17) is 0 Å². The standard InChI is InChI=1S/C13H24N2O2S/c16-18(17,10-13-2-1-7-14-13)15(8-11-3-4-11)9-12-5-6-12/h11-14H,1-10H2. The lowest BCUT2D eigenvalue weighted by molar-refractivity contribution is 0.379. The van der Waals surface area contributed by atoms with Gasteiger partial charge in [0.25, 0.3) is 0 Å². The summed E-state index contributed by atoms with van der Waals surface area (Å²) in [5.41, 5.74) is 0. The lowest BCUT2D eigenvalue weighted by Crippen LogP contribution is -2.41. The normalized spacial score (nSPS) is 29.1. The molecule has 0 amide bonds. The highest BCUT2D eigenvalue weighted by molar-refractivity contribution is 7.89. The number of nitrogens with one attached hydrogen (secondary N) is 1. The maximum Gasteiger partial charge on any atom is 0.215 e. The van der Waals surface area contributed by atoms with Crippen molar-refractivity contribution in [3.63, 3.8) is 0 Å². The van der Waals surface area contributed by atoms with Gasteiger partial charge in [0.15, 0.2) is 0 Å². The Morgan fingerprint density at radius 1 is 1.00 bits per heavy atom. The second-order valence-corrected chi connectivity index (χ2v) is 8.29.